The minimum atomic E-state index is 0.465. The minimum Gasteiger partial charge on any atom is -0.496 e. The zero-order valence-corrected chi connectivity index (χ0v) is 22.6. The van der Waals surface area contributed by atoms with E-state index in [1.165, 1.54) is 23.5 Å². The Morgan fingerprint density at radius 2 is 0.647 bits per heavy atom. The lowest BCUT2D eigenvalue weighted by Crippen LogP contribution is -1.95. The number of halogens is 2. The molecule has 0 aliphatic carbocycles. The fourth-order valence-corrected chi connectivity index (χ4v) is 5.63. The van der Waals surface area contributed by atoms with Gasteiger partial charge in [0, 0.05) is 12.1 Å². The SMILES string of the molecule is COc1cc(Sc2cc(OC)c(Sc3cc(OC)c(Cl)cc3OC)cc2OC)c(OC)cc1Cl. The molecule has 0 saturated heterocycles. The Hall–Kier alpha value is -2.26. The molecule has 0 heterocycles. The standard InChI is InChI=1S/C24H24Cl2O6S2/c1-27-15-9-21(17(29-3)7-13(15)25)33-23-11-20(32-6)24(12-19(23)31-5)34-22-10-16(28-2)14(26)8-18(22)30-4/h7-12H,1-6H3. The molecule has 0 radical (unpaired) electrons. The first-order valence-electron chi connectivity index (χ1n) is 9.83. The summed E-state index contributed by atoms with van der Waals surface area (Å²) in [5.74, 6) is 3.65. The molecule has 0 aliphatic heterocycles. The zero-order chi connectivity index (χ0) is 24.8. The van der Waals surface area contributed by atoms with Gasteiger partial charge in [0.2, 0.25) is 0 Å². The van der Waals surface area contributed by atoms with Gasteiger partial charge in [0.25, 0.3) is 0 Å². The van der Waals surface area contributed by atoms with E-state index in [-0.39, 0.29) is 0 Å². The van der Waals surface area contributed by atoms with Crippen LogP contribution in [0.25, 0.3) is 0 Å². The van der Waals surface area contributed by atoms with Crippen molar-refractivity contribution in [2.75, 3.05) is 42.7 Å². The maximum Gasteiger partial charge on any atom is 0.138 e. The van der Waals surface area contributed by atoms with E-state index in [4.69, 9.17) is 51.6 Å². The van der Waals surface area contributed by atoms with Gasteiger partial charge in [0.1, 0.15) is 34.5 Å². The fraction of sp³-hybridized carbons (Fsp3) is 0.250. The Bertz CT molecular complexity index is 1080. The number of hydrogen-bond acceptors (Lipinski definition) is 8. The van der Waals surface area contributed by atoms with Crippen molar-refractivity contribution in [2.24, 2.45) is 0 Å². The van der Waals surface area contributed by atoms with Gasteiger partial charge in [-0.25, -0.2) is 0 Å². The molecule has 3 rings (SSSR count). The molecule has 0 aromatic heterocycles. The molecule has 0 bridgehead atoms. The first-order chi connectivity index (χ1) is 16.4. The van der Waals surface area contributed by atoms with Crippen LogP contribution >= 0.6 is 46.7 Å². The summed E-state index contributed by atoms with van der Waals surface area (Å²) < 4.78 is 33.2. The molecule has 0 spiro atoms. The second-order valence-electron chi connectivity index (χ2n) is 6.63. The second-order valence-corrected chi connectivity index (χ2v) is 9.62. The Morgan fingerprint density at radius 1 is 0.412 bits per heavy atom. The highest BCUT2D eigenvalue weighted by Gasteiger charge is 2.19. The first-order valence-corrected chi connectivity index (χ1v) is 12.2. The molecular formula is C24H24Cl2O6S2. The van der Waals surface area contributed by atoms with Crippen LogP contribution in [-0.2, 0) is 0 Å². The summed E-state index contributed by atoms with van der Waals surface area (Å²) in [5, 5.41) is 0.930. The molecule has 0 unspecified atom stereocenters. The predicted octanol–water partition coefficient (Wildman–Crippen LogP) is 7.35. The van der Waals surface area contributed by atoms with Crippen molar-refractivity contribution in [3.05, 3.63) is 46.4 Å². The van der Waals surface area contributed by atoms with Crippen LogP contribution in [0.1, 0.15) is 0 Å². The summed E-state index contributed by atoms with van der Waals surface area (Å²) in [7, 11) is 9.55. The third-order valence-corrected chi connectivity index (χ3v) is 7.51. The molecule has 6 nitrogen and oxygen atoms in total. The molecular weight excluding hydrogens is 519 g/mol. The number of hydrogen-bond donors (Lipinski definition) is 0. The average molecular weight is 543 g/mol. The Balaban J connectivity index is 2.04. The lowest BCUT2D eigenvalue weighted by molar-refractivity contribution is 0.385. The van der Waals surface area contributed by atoms with E-state index in [1.807, 2.05) is 24.3 Å². The van der Waals surface area contributed by atoms with Crippen molar-refractivity contribution in [2.45, 2.75) is 19.6 Å². The lowest BCUT2D eigenvalue weighted by Gasteiger charge is -2.17. The molecule has 0 aliphatic rings. The van der Waals surface area contributed by atoms with Crippen LogP contribution in [0.3, 0.4) is 0 Å². The number of methoxy groups -OCH3 is 6. The van der Waals surface area contributed by atoms with Crippen molar-refractivity contribution in [1.82, 2.24) is 0 Å². The summed E-state index contributed by atoms with van der Waals surface area (Å²) in [6.45, 7) is 0. The Labute approximate surface area is 217 Å². The van der Waals surface area contributed by atoms with Crippen LogP contribution in [0.15, 0.2) is 56.0 Å². The maximum atomic E-state index is 6.25. The second kappa shape index (κ2) is 11.9. The van der Waals surface area contributed by atoms with Crippen LogP contribution in [-0.4, -0.2) is 42.7 Å². The van der Waals surface area contributed by atoms with Gasteiger partial charge in [0.05, 0.1) is 72.3 Å². The number of rotatable bonds is 10. The smallest absolute Gasteiger partial charge is 0.138 e. The zero-order valence-electron chi connectivity index (χ0n) is 19.5. The fourth-order valence-electron chi connectivity index (χ4n) is 3.06. The van der Waals surface area contributed by atoms with Crippen molar-refractivity contribution in [3.63, 3.8) is 0 Å². The summed E-state index contributed by atoms with van der Waals surface area (Å²) in [4.78, 5) is 3.28. The topological polar surface area (TPSA) is 55.4 Å². The highest BCUT2D eigenvalue weighted by atomic mass is 35.5. The highest BCUT2D eigenvalue weighted by molar-refractivity contribution is 8.00. The summed E-state index contributed by atoms with van der Waals surface area (Å²) in [6, 6.07) is 10.9. The van der Waals surface area contributed by atoms with Crippen LogP contribution < -0.4 is 28.4 Å². The summed E-state index contributed by atoms with van der Waals surface area (Å²) in [5.41, 5.74) is 0. The molecule has 3 aromatic rings. The van der Waals surface area contributed by atoms with E-state index in [9.17, 15) is 0 Å². The van der Waals surface area contributed by atoms with E-state index in [0.29, 0.717) is 44.5 Å². The third-order valence-electron chi connectivity index (χ3n) is 4.77. The van der Waals surface area contributed by atoms with E-state index in [2.05, 4.69) is 0 Å². The van der Waals surface area contributed by atoms with Gasteiger partial charge in [-0.3, -0.25) is 0 Å². The number of benzene rings is 3. The number of ether oxygens (including phenoxy) is 6. The third kappa shape index (κ3) is 5.68. The van der Waals surface area contributed by atoms with Gasteiger partial charge in [-0.05, 0) is 24.3 Å². The Morgan fingerprint density at radius 3 is 0.912 bits per heavy atom. The molecule has 0 saturated carbocycles. The van der Waals surface area contributed by atoms with Crippen molar-refractivity contribution in [3.8, 4) is 34.5 Å². The van der Waals surface area contributed by atoms with Gasteiger partial charge in [-0.15, -0.1) is 0 Å². The Kier molecular flexibility index (Phi) is 9.24. The van der Waals surface area contributed by atoms with E-state index >= 15 is 0 Å². The van der Waals surface area contributed by atoms with E-state index < -0.39 is 0 Å². The monoisotopic (exact) mass is 542 g/mol. The predicted molar refractivity (Wildman–Crippen MR) is 137 cm³/mol. The molecule has 0 atom stereocenters. The van der Waals surface area contributed by atoms with E-state index in [1.54, 1.807) is 54.8 Å². The van der Waals surface area contributed by atoms with Crippen molar-refractivity contribution < 1.29 is 28.4 Å². The van der Waals surface area contributed by atoms with Crippen molar-refractivity contribution >= 4 is 46.7 Å². The average Bonchev–Trinajstić information content (AvgIpc) is 2.85. The van der Waals surface area contributed by atoms with Gasteiger partial charge >= 0.3 is 0 Å². The molecule has 182 valence electrons. The summed E-state index contributed by atoms with van der Waals surface area (Å²) in [6.07, 6.45) is 0. The van der Waals surface area contributed by atoms with Gasteiger partial charge in [-0.2, -0.15) is 0 Å². The lowest BCUT2D eigenvalue weighted by atomic mass is 10.3. The van der Waals surface area contributed by atoms with Crippen LogP contribution in [0.2, 0.25) is 10.0 Å². The quantitative estimate of drug-likeness (QED) is 0.263. The summed E-state index contributed by atoms with van der Waals surface area (Å²) >= 11 is 15.4. The van der Waals surface area contributed by atoms with Gasteiger partial charge < -0.3 is 28.4 Å². The molecule has 10 heteroatoms. The van der Waals surface area contributed by atoms with Crippen LogP contribution in [0, 0.1) is 0 Å². The maximum absolute atomic E-state index is 6.25. The van der Waals surface area contributed by atoms with Gasteiger partial charge in [0.15, 0.2) is 0 Å². The largest absolute Gasteiger partial charge is 0.496 e. The van der Waals surface area contributed by atoms with E-state index in [0.717, 1.165) is 19.6 Å². The first kappa shape index (κ1) is 26.3. The normalized spacial score (nSPS) is 10.6. The van der Waals surface area contributed by atoms with Crippen LogP contribution in [0.4, 0.5) is 0 Å². The molecule has 0 amide bonds. The minimum absolute atomic E-state index is 0.465. The molecule has 34 heavy (non-hydrogen) atoms. The van der Waals surface area contributed by atoms with Crippen LogP contribution in [0.5, 0.6) is 34.5 Å². The van der Waals surface area contributed by atoms with Crippen molar-refractivity contribution in [1.29, 1.82) is 0 Å². The highest BCUT2D eigenvalue weighted by Crippen LogP contribution is 2.49. The van der Waals surface area contributed by atoms with Gasteiger partial charge in [-0.1, -0.05) is 46.7 Å². The molecule has 0 N–H and O–H groups in total. The molecule has 3 aromatic carbocycles. The molecule has 0 fully saturated rings.